The van der Waals surface area contributed by atoms with E-state index in [1.165, 1.54) is 6.07 Å². The number of halogens is 1. The lowest BCUT2D eigenvalue weighted by Crippen LogP contribution is -2.24. The molecule has 4 heteroatoms. The van der Waals surface area contributed by atoms with E-state index < -0.39 is 0 Å². The van der Waals surface area contributed by atoms with Crippen LogP contribution in [0.2, 0.25) is 0 Å². The van der Waals surface area contributed by atoms with E-state index in [9.17, 15) is 4.39 Å². The summed E-state index contributed by atoms with van der Waals surface area (Å²) in [5.41, 5.74) is 0.941. The molecule has 1 unspecified atom stereocenters. The minimum absolute atomic E-state index is 0.0763. The van der Waals surface area contributed by atoms with Crippen molar-refractivity contribution >= 4 is 0 Å². The highest BCUT2D eigenvalue weighted by atomic mass is 19.1. The zero-order valence-corrected chi connectivity index (χ0v) is 10.9. The Labute approximate surface area is 107 Å². The third kappa shape index (κ3) is 2.76. The molecule has 3 nitrogen and oxygen atoms in total. The molecule has 18 heavy (non-hydrogen) atoms. The molecule has 0 fully saturated rings. The Kier molecular flexibility index (Phi) is 3.77. The van der Waals surface area contributed by atoms with Gasteiger partial charge in [-0.1, -0.05) is 12.1 Å². The van der Waals surface area contributed by atoms with E-state index in [1.807, 2.05) is 30.8 Å². The monoisotopic (exact) mass is 247 g/mol. The van der Waals surface area contributed by atoms with Crippen LogP contribution in [0.1, 0.15) is 37.3 Å². The van der Waals surface area contributed by atoms with Crippen molar-refractivity contribution in [3.05, 3.63) is 53.9 Å². The topological polar surface area (TPSA) is 29.9 Å². The standard InChI is InChI=1S/C14H18FN3/c1-10(12-5-4-6-13(15)9-12)17-11(2)14-16-7-8-18(14)3/h4-11,17H,1-3H3/t10-,11?/m0/s1. The van der Waals surface area contributed by atoms with Crippen LogP contribution in [-0.4, -0.2) is 9.55 Å². The smallest absolute Gasteiger partial charge is 0.125 e. The van der Waals surface area contributed by atoms with Gasteiger partial charge in [-0.15, -0.1) is 0 Å². The van der Waals surface area contributed by atoms with Crippen LogP contribution in [0, 0.1) is 5.82 Å². The van der Waals surface area contributed by atoms with Gasteiger partial charge in [0.1, 0.15) is 11.6 Å². The molecule has 1 heterocycles. The fourth-order valence-corrected chi connectivity index (χ4v) is 2.12. The van der Waals surface area contributed by atoms with Crippen molar-refractivity contribution in [2.24, 2.45) is 7.05 Å². The molecule has 0 saturated carbocycles. The van der Waals surface area contributed by atoms with Crippen molar-refractivity contribution in [1.29, 1.82) is 0 Å². The van der Waals surface area contributed by atoms with Crippen molar-refractivity contribution in [3.63, 3.8) is 0 Å². The Balaban J connectivity index is 2.08. The average Bonchev–Trinajstić information content (AvgIpc) is 2.75. The molecule has 0 aliphatic carbocycles. The third-order valence-corrected chi connectivity index (χ3v) is 3.09. The first kappa shape index (κ1) is 12.8. The number of imidazole rings is 1. The van der Waals surface area contributed by atoms with Crippen LogP contribution in [0.25, 0.3) is 0 Å². The molecule has 0 aliphatic heterocycles. The van der Waals surface area contributed by atoms with E-state index in [4.69, 9.17) is 0 Å². The molecule has 0 saturated heterocycles. The lowest BCUT2D eigenvalue weighted by atomic mass is 10.1. The highest BCUT2D eigenvalue weighted by Gasteiger charge is 2.14. The van der Waals surface area contributed by atoms with Crippen molar-refractivity contribution in [3.8, 4) is 0 Å². The summed E-state index contributed by atoms with van der Waals surface area (Å²) in [7, 11) is 1.97. The zero-order chi connectivity index (χ0) is 13.1. The van der Waals surface area contributed by atoms with Gasteiger partial charge in [0.2, 0.25) is 0 Å². The molecule has 0 amide bonds. The lowest BCUT2D eigenvalue weighted by molar-refractivity contribution is 0.465. The summed E-state index contributed by atoms with van der Waals surface area (Å²) < 4.78 is 15.1. The van der Waals surface area contributed by atoms with E-state index >= 15 is 0 Å². The number of aromatic nitrogens is 2. The summed E-state index contributed by atoms with van der Waals surface area (Å²) in [6.07, 6.45) is 3.70. The maximum atomic E-state index is 13.2. The number of nitrogens with one attached hydrogen (secondary N) is 1. The Morgan fingerprint density at radius 1 is 1.28 bits per heavy atom. The van der Waals surface area contributed by atoms with Crippen LogP contribution >= 0.6 is 0 Å². The molecule has 2 rings (SSSR count). The SMILES string of the molecule is CC(N[C@@H](C)c1cccc(F)c1)c1nccn1C. The molecule has 1 N–H and O–H groups in total. The van der Waals surface area contributed by atoms with Gasteiger partial charge in [0.25, 0.3) is 0 Å². The van der Waals surface area contributed by atoms with Crippen molar-refractivity contribution in [1.82, 2.24) is 14.9 Å². The fourth-order valence-electron chi connectivity index (χ4n) is 2.12. The van der Waals surface area contributed by atoms with E-state index in [2.05, 4.69) is 17.2 Å². The fraction of sp³-hybridized carbons (Fsp3) is 0.357. The van der Waals surface area contributed by atoms with E-state index in [1.54, 1.807) is 18.3 Å². The van der Waals surface area contributed by atoms with Gasteiger partial charge in [-0.25, -0.2) is 9.37 Å². The zero-order valence-electron chi connectivity index (χ0n) is 10.9. The molecule has 1 aromatic carbocycles. The second-order valence-electron chi connectivity index (χ2n) is 4.56. The number of rotatable bonds is 4. The Hall–Kier alpha value is -1.68. The second kappa shape index (κ2) is 5.31. The minimum Gasteiger partial charge on any atom is -0.337 e. The summed E-state index contributed by atoms with van der Waals surface area (Å²) in [6.45, 7) is 4.08. The quantitative estimate of drug-likeness (QED) is 0.900. The molecule has 2 atom stereocenters. The predicted octanol–water partition coefficient (Wildman–Crippen LogP) is 2.97. The van der Waals surface area contributed by atoms with Gasteiger partial charge >= 0.3 is 0 Å². The largest absolute Gasteiger partial charge is 0.337 e. The summed E-state index contributed by atoms with van der Waals surface area (Å²) in [5, 5.41) is 3.42. The minimum atomic E-state index is -0.203. The maximum Gasteiger partial charge on any atom is 0.125 e. The molecule has 2 aromatic rings. The molecule has 1 aromatic heterocycles. The van der Waals surface area contributed by atoms with Crippen molar-refractivity contribution in [2.75, 3.05) is 0 Å². The predicted molar refractivity (Wildman–Crippen MR) is 69.6 cm³/mol. The van der Waals surface area contributed by atoms with E-state index in [-0.39, 0.29) is 17.9 Å². The Morgan fingerprint density at radius 3 is 2.67 bits per heavy atom. The second-order valence-corrected chi connectivity index (χ2v) is 4.56. The summed E-state index contributed by atoms with van der Waals surface area (Å²) >= 11 is 0. The molecular weight excluding hydrogens is 229 g/mol. The van der Waals surface area contributed by atoms with Crippen LogP contribution in [0.15, 0.2) is 36.7 Å². The van der Waals surface area contributed by atoms with Gasteiger partial charge in [0.15, 0.2) is 0 Å². The van der Waals surface area contributed by atoms with Gasteiger partial charge in [-0.3, -0.25) is 0 Å². The third-order valence-electron chi connectivity index (χ3n) is 3.09. The van der Waals surface area contributed by atoms with Crippen LogP contribution in [0.5, 0.6) is 0 Å². The number of benzene rings is 1. The van der Waals surface area contributed by atoms with Crippen molar-refractivity contribution in [2.45, 2.75) is 25.9 Å². The molecular formula is C14H18FN3. The first-order valence-electron chi connectivity index (χ1n) is 6.06. The van der Waals surface area contributed by atoms with Crippen LogP contribution in [0.3, 0.4) is 0 Å². The number of nitrogens with zero attached hydrogens (tertiary/aromatic N) is 2. The highest BCUT2D eigenvalue weighted by molar-refractivity contribution is 5.19. The number of hydrogen-bond donors (Lipinski definition) is 1. The van der Waals surface area contributed by atoms with Gasteiger partial charge in [-0.05, 0) is 31.5 Å². The molecule has 0 radical (unpaired) electrons. The molecule has 0 aliphatic rings. The van der Waals surface area contributed by atoms with Gasteiger partial charge in [-0.2, -0.15) is 0 Å². The van der Waals surface area contributed by atoms with Gasteiger partial charge < -0.3 is 9.88 Å². The average molecular weight is 247 g/mol. The first-order valence-corrected chi connectivity index (χ1v) is 6.06. The summed E-state index contributed by atoms with van der Waals surface area (Å²) in [5.74, 6) is 0.768. The highest BCUT2D eigenvalue weighted by Crippen LogP contribution is 2.18. The Morgan fingerprint density at radius 2 is 2.06 bits per heavy atom. The first-order chi connectivity index (χ1) is 8.58. The van der Waals surface area contributed by atoms with Crippen LogP contribution in [-0.2, 0) is 7.05 Å². The van der Waals surface area contributed by atoms with Crippen molar-refractivity contribution < 1.29 is 4.39 Å². The lowest BCUT2D eigenvalue weighted by Gasteiger charge is -2.20. The maximum absolute atomic E-state index is 13.2. The van der Waals surface area contributed by atoms with Crippen LogP contribution in [0.4, 0.5) is 4.39 Å². The summed E-state index contributed by atoms with van der Waals surface area (Å²) in [6, 6.07) is 6.86. The molecule has 0 spiro atoms. The van der Waals surface area contributed by atoms with Crippen LogP contribution < -0.4 is 5.32 Å². The Bertz CT molecular complexity index is 521. The summed E-state index contributed by atoms with van der Waals surface area (Å²) in [4.78, 5) is 4.31. The van der Waals surface area contributed by atoms with Gasteiger partial charge in [0, 0.05) is 25.5 Å². The molecule has 0 bridgehead atoms. The van der Waals surface area contributed by atoms with E-state index in [0.29, 0.717) is 0 Å². The number of hydrogen-bond acceptors (Lipinski definition) is 2. The van der Waals surface area contributed by atoms with Gasteiger partial charge in [0.05, 0.1) is 6.04 Å². The normalized spacial score (nSPS) is 14.4. The van der Waals surface area contributed by atoms with E-state index in [0.717, 1.165) is 11.4 Å². The molecule has 96 valence electrons. The number of aryl methyl sites for hydroxylation is 1.